The summed E-state index contributed by atoms with van der Waals surface area (Å²) in [6.07, 6.45) is 4.73. The Balaban J connectivity index is 1.52. The number of hydrogen-bond donors (Lipinski definition) is 1. The molecule has 1 aliphatic carbocycles. The summed E-state index contributed by atoms with van der Waals surface area (Å²) in [5, 5.41) is 11.2. The van der Waals surface area contributed by atoms with E-state index < -0.39 is 0 Å². The molecule has 0 bridgehead atoms. The topological polar surface area (TPSA) is 64.1 Å². The van der Waals surface area contributed by atoms with Crippen molar-refractivity contribution < 1.29 is 9.53 Å². The van der Waals surface area contributed by atoms with Gasteiger partial charge >= 0.3 is 0 Å². The van der Waals surface area contributed by atoms with Crippen LogP contribution < -0.4 is 10.1 Å². The lowest BCUT2D eigenvalue weighted by Crippen LogP contribution is -2.20. The first-order valence-corrected chi connectivity index (χ1v) is 9.55. The lowest BCUT2D eigenvalue weighted by atomic mass is 9.92. The molecule has 0 spiro atoms. The van der Waals surface area contributed by atoms with Crippen molar-refractivity contribution in [3.63, 3.8) is 0 Å². The highest BCUT2D eigenvalue weighted by Crippen LogP contribution is 2.26. The largest absolute Gasteiger partial charge is 0.484 e. The molecule has 1 heterocycles. The summed E-state index contributed by atoms with van der Waals surface area (Å²) in [5.41, 5.74) is 2.75. The van der Waals surface area contributed by atoms with E-state index in [0.29, 0.717) is 5.13 Å². The van der Waals surface area contributed by atoms with Gasteiger partial charge in [-0.3, -0.25) is 10.1 Å². The molecule has 0 saturated carbocycles. The molecule has 122 valence electrons. The van der Waals surface area contributed by atoms with Crippen LogP contribution in [0.15, 0.2) is 22.5 Å². The van der Waals surface area contributed by atoms with Crippen molar-refractivity contribution in [3.05, 3.63) is 29.3 Å². The van der Waals surface area contributed by atoms with Gasteiger partial charge in [-0.15, -0.1) is 10.2 Å². The molecule has 7 heteroatoms. The molecule has 0 aliphatic heterocycles. The van der Waals surface area contributed by atoms with Gasteiger partial charge in [-0.05, 0) is 54.7 Å². The van der Waals surface area contributed by atoms with Gasteiger partial charge in [-0.25, -0.2) is 0 Å². The van der Waals surface area contributed by atoms with E-state index in [1.165, 1.54) is 35.3 Å². The number of carbonyl (C=O) groups excluding carboxylic acids is 1. The van der Waals surface area contributed by atoms with E-state index in [0.717, 1.165) is 28.7 Å². The molecule has 0 saturated heterocycles. The molecule has 3 rings (SSSR count). The fourth-order valence-corrected chi connectivity index (χ4v) is 4.21. The average molecular weight is 349 g/mol. The molecule has 2 aromatic rings. The first-order chi connectivity index (χ1) is 11.2. The fraction of sp³-hybridized carbons (Fsp3) is 0.438. The molecule has 0 fully saturated rings. The van der Waals surface area contributed by atoms with Gasteiger partial charge in [-0.2, -0.15) is 0 Å². The maximum atomic E-state index is 11.9. The number of benzene rings is 1. The lowest BCUT2D eigenvalue weighted by Gasteiger charge is -2.16. The Morgan fingerprint density at radius 2 is 2.13 bits per heavy atom. The van der Waals surface area contributed by atoms with Crippen molar-refractivity contribution in [3.8, 4) is 5.75 Å². The Morgan fingerprint density at radius 1 is 1.30 bits per heavy atom. The van der Waals surface area contributed by atoms with Gasteiger partial charge in [-0.1, -0.05) is 36.1 Å². The minimum absolute atomic E-state index is 0.0192. The van der Waals surface area contributed by atoms with E-state index in [-0.39, 0.29) is 12.5 Å². The smallest absolute Gasteiger partial charge is 0.264 e. The maximum Gasteiger partial charge on any atom is 0.264 e. The molecule has 0 radical (unpaired) electrons. The van der Waals surface area contributed by atoms with E-state index >= 15 is 0 Å². The van der Waals surface area contributed by atoms with Crippen molar-refractivity contribution in [2.24, 2.45) is 0 Å². The number of rotatable bonds is 6. The third kappa shape index (κ3) is 4.45. The maximum absolute atomic E-state index is 11.9. The zero-order valence-corrected chi connectivity index (χ0v) is 14.6. The highest BCUT2D eigenvalue weighted by molar-refractivity contribution is 8.01. The Kier molecular flexibility index (Phi) is 5.51. The molecule has 1 aromatic carbocycles. The highest BCUT2D eigenvalue weighted by Gasteiger charge is 2.12. The second kappa shape index (κ2) is 7.79. The predicted molar refractivity (Wildman–Crippen MR) is 93.5 cm³/mol. The molecule has 0 unspecified atom stereocenters. The van der Waals surface area contributed by atoms with Crippen LogP contribution in [0.4, 0.5) is 5.13 Å². The second-order valence-corrected chi connectivity index (χ2v) is 7.77. The third-order valence-electron chi connectivity index (χ3n) is 3.61. The first-order valence-electron chi connectivity index (χ1n) is 7.75. The van der Waals surface area contributed by atoms with Crippen molar-refractivity contribution in [2.75, 3.05) is 17.7 Å². The van der Waals surface area contributed by atoms with E-state index in [9.17, 15) is 4.79 Å². The second-order valence-electron chi connectivity index (χ2n) is 5.28. The van der Waals surface area contributed by atoms with Crippen molar-refractivity contribution in [2.45, 2.75) is 36.9 Å². The SMILES string of the molecule is CCSc1nnc(NC(=O)COc2ccc3c(c2)CCCC3)s1. The van der Waals surface area contributed by atoms with E-state index in [1.807, 2.05) is 6.07 Å². The standard InChI is InChI=1S/C16H19N3O2S2/c1-2-22-16-19-18-15(23-16)17-14(20)10-21-13-8-7-11-5-3-4-6-12(11)9-13/h7-9H,2-6,10H2,1H3,(H,17,18,20). The molecule has 5 nitrogen and oxygen atoms in total. The summed E-state index contributed by atoms with van der Waals surface area (Å²) in [6.45, 7) is 2.03. The number of ether oxygens (including phenoxy) is 1. The quantitative estimate of drug-likeness (QED) is 0.638. The Labute approximate surface area is 143 Å². The number of fused-ring (bicyclic) bond motifs is 1. The Morgan fingerprint density at radius 3 is 2.96 bits per heavy atom. The van der Waals surface area contributed by atoms with Gasteiger partial charge in [0.25, 0.3) is 5.91 Å². The number of carbonyl (C=O) groups is 1. The average Bonchev–Trinajstić information content (AvgIpc) is 3.00. The summed E-state index contributed by atoms with van der Waals surface area (Å²) in [6, 6.07) is 6.11. The van der Waals surface area contributed by atoms with Crippen LogP contribution in [0.2, 0.25) is 0 Å². The fourth-order valence-electron chi connectivity index (χ4n) is 2.55. The van der Waals surface area contributed by atoms with Crippen LogP contribution in [0, 0.1) is 0 Å². The molecule has 1 aromatic heterocycles. The number of aryl methyl sites for hydroxylation is 2. The van der Waals surface area contributed by atoms with Crippen LogP contribution in [0.25, 0.3) is 0 Å². The minimum Gasteiger partial charge on any atom is -0.484 e. The van der Waals surface area contributed by atoms with Gasteiger partial charge in [0.1, 0.15) is 5.75 Å². The zero-order chi connectivity index (χ0) is 16.1. The summed E-state index contributed by atoms with van der Waals surface area (Å²) in [7, 11) is 0. The van der Waals surface area contributed by atoms with Gasteiger partial charge in [0.05, 0.1) is 0 Å². The van der Waals surface area contributed by atoms with Gasteiger partial charge in [0, 0.05) is 0 Å². The van der Waals surface area contributed by atoms with Gasteiger partial charge in [0.15, 0.2) is 10.9 Å². The monoisotopic (exact) mass is 349 g/mol. The van der Waals surface area contributed by atoms with E-state index in [1.54, 1.807) is 11.8 Å². The van der Waals surface area contributed by atoms with Crippen molar-refractivity contribution in [1.29, 1.82) is 0 Å². The summed E-state index contributed by atoms with van der Waals surface area (Å²) < 4.78 is 6.46. The van der Waals surface area contributed by atoms with Crippen LogP contribution in [0.3, 0.4) is 0 Å². The van der Waals surface area contributed by atoms with Crippen LogP contribution in [0.1, 0.15) is 30.9 Å². The van der Waals surface area contributed by atoms with Crippen LogP contribution in [0.5, 0.6) is 5.75 Å². The molecular formula is C16H19N3O2S2. The summed E-state index contributed by atoms with van der Waals surface area (Å²) >= 11 is 2.99. The molecule has 1 aliphatic rings. The number of anilines is 1. The van der Waals surface area contributed by atoms with Crippen LogP contribution in [-0.4, -0.2) is 28.5 Å². The van der Waals surface area contributed by atoms with Gasteiger partial charge < -0.3 is 4.74 Å². The molecular weight excluding hydrogens is 330 g/mol. The van der Waals surface area contributed by atoms with Crippen molar-refractivity contribution in [1.82, 2.24) is 10.2 Å². The molecule has 23 heavy (non-hydrogen) atoms. The highest BCUT2D eigenvalue weighted by atomic mass is 32.2. The Bertz CT molecular complexity index is 688. The van der Waals surface area contributed by atoms with E-state index in [2.05, 4.69) is 34.6 Å². The predicted octanol–water partition coefficient (Wildman–Crippen LogP) is 3.55. The van der Waals surface area contributed by atoms with Crippen molar-refractivity contribution >= 4 is 34.1 Å². The lowest BCUT2D eigenvalue weighted by molar-refractivity contribution is -0.118. The number of amides is 1. The van der Waals surface area contributed by atoms with Crippen LogP contribution >= 0.6 is 23.1 Å². The summed E-state index contributed by atoms with van der Waals surface area (Å²) in [4.78, 5) is 11.9. The normalized spacial score (nSPS) is 13.4. The number of aromatic nitrogens is 2. The molecule has 0 atom stereocenters. The number of thioether (sulfide) groups is 1. The van der Waals surface area contributed by atoms with Gasteiger partial charge in [0.2, 0.25) is 5.13 Å². The minimum atomic E-state index is -0.216. The third-order valence-corrected chi connectivity index (χ3v) is 5.46. The zero-order valence-electron chi connectivity index (χ0n) is 13.0. The molecule has 1 N–H and O–H groups in total. The van der Waals surface area contributed by atoms with E-state index in [4.69, 9.17) is 4.74 Å². The number of nitrogens with one attached hydrogen (secondary N) is 1. The Hall–Kier alpha value is -1.60. The number of hydrogen-bond acceptors (Lipinski definition) is 6. The first kappa shape index (κ1) is 16.3. The van der Waals surface area contributed by atoms with Crippen LogP contribution in [-0.2, 0) is 17.6 Å². The number of nitrogens with zero attached hydrogens (tertiary/aromatic N) is 2. The molecule has 1 amide bonds. The summed E-state index contributed by atoms with van der Waals surface area (Å²) in [5.74, 6) is 1.47.